The monoisotopic (exact) mass is 272 g/mol. The van der Waals surface area contributed by atoms with Gasteiger partial charge in [0.15, 0.2) is 0 Å². The van der Waals surface area contributed by atoms with Crippen LogP contribution in [0.1, 0.15) is 0 Å². The standard InChI is InChI=1S/C14H9FN2O3/c15-11-6-2-5-10-12(11)16-14(20)17(13(10)19)8-3-1-4-9(18)7-8/h1-7,18H,(H,16,20). The number of aromatic hydroxyl groups is 1. The van der Waals surface area contributed by atoms with Crippen LogP contribution in [0.3, 0.4) is 0 Å². The van der Waals surface area contributed by atoms with Gasteiger partial charge in [0.2, 0.25) is 0 Å². The number of para-hydroxylation sites is 1. The maximum Gasteiger partial charge on any atom is 0.333 e. The lowest BCUT2D eigenvalue weighted by atomic mass is 10.2. The van der Waals surface area contributed by atoms with Crippen LogP contribution < -0.4 is 11.2 Å². The number of nitrogens with zero attached hydrogens (tertiary/aromatic N) is 1. The Balaban J connectivity index is 2.44. The number of halogens is 1. The van der Waals surface area contributed by atoms with Crippen molar-refractivity contribution in [1.82, 2.24) is 9.55 Å². The molecule has 0 radical (unpaired) electrons. The molecule has 0 spiro atoms. The van der Waals surface area contributed by atoms with Crippen molar-refractivity contribution in [2.24, 2.45) is 0 Å². The topological polar surface area (TPSA) is 75.1 Å². The van der Waals surface area contributed by atoms with Crippen LogP contribution in [0.2, 0.25) is 0 Å². The summed E-state index contributed by atoms with van der Waals surface area (Å²) in [4.78, 5) is 26.6. The van der Waals surface area contributed by atoms with Crippen molar-refractivity contribution in [3.05, 3.63) is 69.1 Å². The molecule has 0 aliphatic heterocycles. The molecule has 0 saturated heterocycles. The third-order valence-electron chi connectivity index (χ3n) is 2.97. The number of rotatable bonds is 1. The van der Waals surface area contributed by atoms with Crippen LogP contribution in [0, 0.1) is 5.82 Å². The van der Waals surface area contributed by atoms with E-state index in [1.807, 2.05) is 0 Å². The average Bonchev–Trinajstić information content (AvgIpc) is 2.40. The predicted molar refractivity (Wildman–Crippen MR) is 71.8 cm³/mol. The van der Waals surface area contributed by atoms with Crippen molar-refractivity contribution in [2.75, 3.05) is 0 Å². The van der Waals surface area contributed by atoms with Crippen LogP contribution in [0.15, 0.2) is 52.1 Å². The molecular formula is C14H9FN2O3. The number of nitrogens with one attached hydrogen (secondary N) is 1. The number of phenolic OH excluding ortho intramolecular Hbond substituents is 1. The van der Waals surface area contributed by atoms with Gasteiger partial charge < -0.3 is 10.1 Å². The van der Waals surface area contributed by atoms with Gasteiger partial charge in [-0.1, -0.05) is 12.1 Å². The molecule has 0 fully saturated rings. The lowest BCUT2D eigenvalue weighted by Gasteiger charge is -2.07. The molecule has 0 unspecified atom stereocenters. The highest BCUT2D eigenvalue weighted by Crippen LogP contribution is 2.14. The number of aromatic nitrogens is 2. The summed E-state index contributed by atoms with van der Waals surface area (Å²) in [5.74, 6) is -0.743. The highest BCUT2D eigenvalue weighted by atomic mass is 19.1. The summed E-state index contributed by atoms with van der Waals surface area (Å²) in [6.07, 6.45) is 0. The van der Waals surface area contributed by atoms with Crippen molar-refractivity contribution in [3.8, 4) is 11.4 Å². The molecule has 3 aromatic rings. The molecule has 0 saturated carbocycles. The van der Waals surface area contributed by atoms with Crippen LogP contribution >= 0.6 is 0 Å². The molecule has 2 N–H and O–H groups in total. The summed E-state index contributed by atoms with van der Waals surface area (Å²) in [6, 6.07) is 9.69. The van der Waals surface area contributed by atoms with E-state index < -0.39 is 17.1 Å². The van der Waals surface area contributed by atoms with Gasteiger partial charge in [-0.15, -0.1) is 0 Å². The number of phenols is 1. The van der Waals surface area contributed by atoms with Gasteiger partial charge in [0.25, 0.3) is 5.56 Å². The zero-order valence-electron chi connectivity index (χ0n) is 10.1. The van der Waals surface area contributed by atoms with Crippen LogP contribution in [0.5, 0.6) is 5.75 Å². The van der Waals surface area contributed by atoms with Gasteiger partial charge >= 0.3 is 5.69 Å². The van der Waals surface area contributed by atoms with Crippen molar-refractivity contribution >= 4 is 10.9 Å². The van der Waals surface area contributed by atoms with E-state index in [4.69, 9.17) is 0 Å². The van der Waals surface area contributed by atoms with Gasteiger partial charge in [0.1, 0.15) is 11.6 Å². The van der Waals surface area contributed by atoms with Crippen LogP contribution in [-0.4, -0.2) is 14.7 Å². The third kappa shape index (κ3) is 1.78. The summed E-state index contributed by atoms with van der Waals surface area (Å²) in [5.41, 5.74) is -1.33. The number of fused-ring (bicyclic) bond motifs is 1. The van der Waals surface area contributed by atoms with E-state index in [-0.39, 0.29) is 22.3 Å². The molecule has 100 valence electrons. The first-order valence-corrected chi connectivity index (χ1v) is 5.81. The molecule has 0 amide bonds. The molecular weight excluding hydrogens is 263 g/mol. The first-order valence-electron chi connectivity index (χ1n) is 5.81. The normalized spacial score (nSPS) is 10.8. The Kier molecular flexibility index (Phi) is 2.64. The molecule has 0 aliphatic carbocycles. The van der Waals surface area contributed by atoms with Gasteiger partial charge in [0, 0.05) is 6.07 Å². The zero-order valence-corrected chi connectivity index (χ0v) is 10.1. The average molecular weight is 272 g/mol. The van der Waals surface area contributed by atoms with E-state index in [2.05, 4.69) is 4.98 Å². The van der Waals surface area contributed by atoms with Crippen LogP contribution in [-0.2, 0) is 0 Å². The maximum atomic E-state index is 13.6. The van der Waals surface area contributed by atoms with E-state index in [1.165, 1.54) is 36.4 Å². The van der Waals surface area contributed by atoms with E-state index in [1.54, 1.807) is 0 Å². The molecule has 2 aromatic carbocycles. The summed E-state index contributed by atoms with van der Waals surface area (Å²) < 4.78 is 14.4. The van der Waals surface area contributed by atoms with E-state index in [0.717, 1.165) is 10.6 Å². The largest absolute Gasteiger partial charge is 0.508 e. The Morgan fingerprint density at radius 2 is 1.85 bits per heavy atom. The Bertz CT molecular complexity index is 928. The fourth-order valence-electron chi connectivity index (χ4n) is 2.07. The molecule has 20 heavy (non-hydrogen) atoms. The molecule has 0 bridgehead atoms. The molecule has 1 heterocycles. The van der Waals surface area contributed by atoms with Gasteiger partial charge in [-0.3, -0.25) is 4.79 Å². The number of hydrogen-bond donors (Lipinski definition) is 2. The highest BCUT2D eigenvalue weighted by Gasteiger charge is 2.12. The molecule has 5 nitrogen and oxygen atoms in total. The van der Waals surface area contributed by atoms with E-state index in [0.29, 0.717) is 0 Å². The second-order valence-corrected chi connectivity index (χ2v) is 4.25. The summed E-state index contributed by atoms with van der Waals surface area (Å²) in [6.45, 7) is 0. The van der Waals surface area contributed by atoms with E-state index in [9.17, 15) is 19.1 Å². The number of H-pyrrole nitrogens is 1. The van der Waals surface area contributed by atoms with Gasteiger partial charge in [0.05, 0.1) is 16.6 Å². The molecule has 0 atom stereocenters. The quantitative estimate of drug-likeness (QED) is 0.705. The Morgan fingerprint density at radius 3 is 2.60 bits per heavy atom. The van der Waals surface area contributed by atoms with Crippen molar-refractivity contribution in [1.29, 1.82) is 0 Å². The van der Waals surface area contributed by atoms with Crippen LogP contribution in [0.4, 0.5) is 4.39 Å². The summed E-state index contributed by atoms with van der Waals surface area (Å²) in [7, 11) is 0. The SMILES string of the molecule is O=c1[nH]c2c(F)cccc2c(=O)n1-c1cccc(O)c1. The number of aromatic amines is 1. The van der Waals surface area contributed by atoms with Crippen molar-refractivity contribution in [2.45, 2.75) is 0 Å². The minimum absolute atomic E-state index is 0.0629. The highest BCUT2D eigenvalue weighted by molar-refractivity contribution is 5.78. The van der Waals surface area contributed by atoms with Crippen LogP contribution in [0.25, 0.3) is 16.6 Å². The summed E-state index contributed by atoms with van der Waals surface area (Å²) >= 11 is 0. The Morgan fingerprint density at radius 1 is 1.10 bits per heavy atom. The minimum atomic E-state index is -0.766. The molecule has 1 aromatic heterocycles. The lowest BCUT2D eigenvalue weighted by molar-refractivity contribution is 0.475. The lowest BCUT2D eigenvalue weighted by Crippen LogP contribution is -2.33. The zero-order chi connectivity index (χ0) is 14.3. The van der Waals surface area contributed by atoms with Gasteiger partial charge in [-0.2, -0.15) is 0 Å². The van der Waals surface area contributed by atoms with Crippen molar-refractivity contribution < 1.29 is 9.50 Å². The predicted octanol–water partition coefficient (Wildman–Crippen LogP) is 1.52. The Hall–Kier alpha value is -2.89. The minimum Gasteiger partial charge on any atom is -0.508 e. The first kappa shape index (κ1) is 12.2. The Labute approximate surface area is 111 Å². The number of hydrogen-bond acceptors (Lipinski definition) is 3. The second kappa shape index (κ2) is 4.34. The fourth-order valence-corrected chi connectivity index (χ4v) is 2.07. The van der Waals surface area contributed by atoms with Gasteiger partial charge in [-0.25, -0.2) is 13.8 Å². The first-order chi connectivity index (χ1) is 9.58. The smallest absolute Gasteiger partial charge is 0.333 e. The third-order valence-corrected chi connectivity index (χ3v) is 2.97. The maximum absolute atomic E-state index is 13.6. The molecule has 0 aliphatic rings. The van der Waals surface area contributed by atoms with Gasteiger partial charge in [-0.05, 0) is 24.3 Å². The number of benzene rings is 2. The molecule has 6 heteroatoms. The van der Waals surface area contributed by atoms with E-state index >= 15 is 0 Å². The molecule has 3 rings (SSSR count). The fraction of sp³-hybridized carbons (Fsp3) is 0. The second-order valence-electron chi connectivity index (χ2n) is 4.25. The summed E-state index contributed by atoms with van der Waals surface area (Å²) in [5, 5.41) is 9.49. The van der Waals surface area contributed by atoms with Crippen molar-refractivity contribution in [3.63, 3.8) is 0 Å².